The Morgan fingerprint density at radius 3 is 2.84 bits per heavy atom. The second kappa shape index (κ2) is 6.82. The maximum atomic E-state index is 12.4. The highest BCUT2D eigenvalue weighted by molar-refractivity contribution is 5.90. The Labute approximate surface area is 146 Å². The largest absolute Gasteiger partial charge is 0.454 e. The molecular weight excluding hydrogens is 322 g/mol. The maximum absolute atomic E-state index is 12.4. The van der Waals surface area contributed by atoms with Crippen LogP contribution in [0.5, 0.6) is 11.5 Å². The standard InChI is InChI=1S/C18H23N3O4/c22-17(19-9-12-6-7-15-16(8-12)25-11-24-15)14-10-21(18(23)20-14)13-4-2-1-3-5-13/h6-8,13-14H,1-5,9-11H2,(H,19,22)(H,20,23). The van der Waals surface area contributed by atoms with Crippen molar-refractivity contribution in [2.75, 3.05) is 13.3 Å². The average molecular weight is 345 g/mol. The van der Waals surface area contributed by atoms with Crippen molar-refractivity contribution in [1.82, 2.24) is 15.5 Å². The Kier molecular flexibility index (Phi) is 4.38. The third-order valence-corrected chi connectivity index (χ3v) is 5.17. The minimum Gasteiger partial charge on any atom is -0.454 e. The average Bonchev–Trinajstić information content (AvgIpc) is 3.26. The molecule has 3 aliphatic rings. The summed E-state index contributed by atoms with van der Waals surface area (Å²) in [6, 6.07) is 5.28. The Hall–Kier alpha value is -2.44. The normalized spacial score (nSPS) is 22.8. The molecule has 0 bridgehead atoms. The fourth-order valence-electron chi connectivity index (χ4n) is 3.78. The molecule has 1 unspecified atom stereocenters. The number of carbonyl (C=O) groups excluding carboxylic acids is 2. The second-order valence-corrected chi connectivity index (χ2v) is 6.85. The van der Waals surface area contributed by atoms with E-state index in [1.165, 1.54) is 6.42 Å². The van der Waals surface area contributed by atoms with Crippen molar-refractivity contribution >= 4 is 11.9 Å². The third-order valence-electron chi connectivity index (χ3n) is 5.17. The number of carbonyl (C=O) groups is 2. The zero-order valence-electron chi connectivity index (χ0n) is 14.1. The van der Waals surface area contributed by atoms with Crippen LogP contribution < -0.4 is 20.1 Å². The molecular formula is C18H23N3O4. The summed E-state index contributed by atoms with van der Waals surface area (Å²) < 4.78 is 10.6. The van der Waals surface area contributed by atoms with Gasteiger partial charge in [-0.3, -0.25) is 4.79 Å². The van der Waals surface area contributed by atoms with E-state index in [0.29, 0.717) is 18.8 Å². The van der Waals surface area contributed by atoms with E-state index < -0.39 is 6.04 Å². The van der Waals surface area contributed by atoms with Crippen molar-refractivity contribution in [3.63, 3.8) is 0 Å². The maximum Gasteiger partial charge on any atom is 0.318 e. The number of amides is 3. The number of benzene rings is 1. The summed E-state index contributed by atoms with van der Waals surface area (Å²) in [5.74, 6) is 1.27. The first-order chi connectivity index (χ1) is 12.2. The molecule has 0 aromatic heterocycles. The van der Waals surface area contributed by atoms with Crippen molar-refractivity contribution in [3.8, 4) is 11.5 Å². The number of rotatable bonds is 4. The van der Waals surface area contributed by atoms with Crippen LogP contribution in [0.4, 0.5) is 4.79 Å². The Morgan fingerprint density at radius 2 is 2.00 bits per heavy atom. The molecule has 1 atom stereocenters. The molecule has 1 aromatic rings. The molecule has 1 saturated carbocycles. The van der Waals surface area contributed by atoms with Gasteiger partial charge in [0.25, 0.3) is 0 Å². The van der Waals surface area contributed by atoms with E-state index in [-0.39, 0.29) is 24.8 Å². The zero-order valence-corrected chi connectivity index (χ0v) is 14.1. The Balaban J connectivity index is 1.31. The summed E-state index contributed by atoms with van der Waals surface area (Å²) in [6.45, 7) is 1.08. The quantitative estimate of drug-likeness (QED) is 0.871. The lowest BCUT2D eigenvalue weighted by Crippen LogP contribution is -2.42. The van der Waals surface area contributed by atoms with Gasteiger partial charge in [-0.05, 0) is 30.5 Å². The monoisotopic (exact) mass is 345 g/mol. The Morgan fingerprint density at radius 1 is 1.20 bits per heavy atom. The molecule has 25 heavy (non-hydrogen) atoms. The Bertz CT molecular complexity index is 672. The van der Waals surface area contributed by atoms with Gasteiger partial charge < -0.3 is 25.0 Å². The van der Waals surface area contributed by atoms with Crippen LogP contribution in [0.1, 0.15) is 37.7 Å². The SMILES string of the molecule is O=C(NCc1ccc2c(c1)OCO2)C1CN(C2CCCCC2)C(=O)N1. The molecule has 2 fully saturated rings. The summed E-state index contributed by atoms with van der Waals surface area (Å²) in [7, 11) is 0. The lowest BCUT2D eigenvalue weighted by molar-refractivity contribution is -0.122. The van der Waals surface area contributed by atoms with Crippen molar-refractivity contribution < 1.29 is 19.1 Å². The highest BCUT2D eigenvalue weighted by Crippen LogP contribution is 2.32. The van der Waals surface area contributed by atoms with Crippen molar-refractivity contribution in [1.29, 1.82) is 0 Å². The van der Waals surface area contributed by atoms with E-state index in [0.717, 1.165) is 37.0 Å². The predicted octanol–water partition coefficient (Wildman–Crippen LogP) is 1.76. The van der Waals surface area contributed by atoms with Crippen molar-refractivity contribution in [3.05, 3.63) is 23.8 Å². The summed E-state index contributed by atoms with van der Waals surface area (Å²) >= 11 is 0. The van der Waals surface area contributed by atoms with Gasteiger partial charge in [-0.2, -0.15) is 0 Å². The highest BCUT2D eigenvalue weighted by Gasteiger charge is 2.37. The van der Waals surface area contributed by atoms with E-state index in [9.17, 15) is 9.59 Å². The first-order valence-electron chi connectivity index (χ1n) is 8.94. The number of hydrogen-bond donors (Lipinski definition) is 2. The lowest BCUT2D eigenvalue weighted by atomic mass is 9.94. The predicted molar refractivity (Wildman–Crippen MR) is 90.3 cm³/mol. The summed E-state index contributed by atoms with van der Waals surface area (Å²) in [5.41, 5.74) is 0.936. The number of nitrogens with one attached hydrogen (secondary N) is 2. The molecule has 134 valence electrons. The molecule has 7 nitrogen and oxygen atoms in total. The molecule has 2 aliphatic heterocycles. The number of hydrogen-bond acceptors (Lipinski definition) is 4. The van der Waals surface area contributed by atoms with Crippen LogP contribution in [0.25, 0.3) is 0 Å². The van der Waals surface area contributed by atoms with Gasteiger partial charge in [0.15, 0.2) is 11.5 Å². The summed E-state index contributed by atoms with van der Waals surface area (Å²) in [5, 5.41) is 5.71. The van der Waals surface area contributed by atoms with Gasteiger partial charge in [0.05, 0.1) is 6.54 Å². The summed E-state index contributed by atoms with van der Waals surface area (Å²) in [4.78, 5) is 26.5. The highest BCUT2D eigenvalue weighted by atomic mass is 16.7. The van der Waals surface area contributed by atoms with E-state index in [2.05, 4.69) is 10.6 Å². The van der Waals surface area contributed by atoms with Crippen LogP contribution in [-0.4, -0.2) is 42.3 Å². The number of fused-ring (bicyclic) bond motifs is 1. The van der Waals surface area contributed by atoms with Crippen LogP contribution in [0, 0.1) is 0 Å². The van der Waals surface area contributed by atoms with Crippen LogP contribution in [0.15, 0.2) is 18.2 Å². The number of urea groups is 1. The fourth-order valence-corrected chi connectivity index (χ4v) is 3.78. The molecule has 2 N–H and O–H groups in total. The van der Waals surface area contributed by atoms with Crippen LogP contribution in [-0.2, 0) is 11.3 Å². The first-order valence-corrected chi connectivity index (χ1v) is 8.94. The molecule has 7 heteroatoms. The van der Waals surface area contributed by atoms with Crippen LogP contribution >= 0.6 is 0 Å². The van der Waals surface area contributed by atoms with Gasteiger partial charge in [0, 0.05) is 12.6 Å². The van der Waals surface area contributed by atoms with Gasteiger partial charge in [-0.1, -0.05) is 25.3 Å². The molecule has 4 rings (SSSR count). The minimum absolute atomic E-state index is 0.116. The summed E-state index contributed by atoms with van der Waals surface area (Å²) in [6.07, 6.45) is 5.65. The first kappa shape index (κ1) is 16.1. The van der Waals surface area contributed by atoms with Gasteiger partial charge in [-0.25, -0.2) is 4.79 Å². The van der Waals surface area contributed by atoms with Crippen LogP contribution in [0.2, 0.25) is 0 Å². The van der Waals surface area contributed by atoms with Crippen molar-refractivity contribution in [2.24, 2.45) is 0 Å². The fraction of sp³-hybridized carbons (Fsp3) is 0.556. The van der Waals surface area contributed by atoms with Gasteiger partial charge in [-0.15, -0.1) is 0 Å². The topological polar surface area (TPSA) is 79.9 Å². The van der Waals surface area contributed by atoms with Crippen LogP contribution in [0.3, 0.4) is 0 Å². The second-order valence-electron chi connectivity index (χ2n) is 6.85. The minimum atomic E-state index is -0.483. The third kappa shape index (κ3) is 3.36. The number of ether oxygens (including phenoxy) is 2. The molecule has 0 radical (unpaired) electrons. The molecule has 0 spiro atoms. The lowest BCUT2D eigenvalue weighted by Gasteiger charge is -2.30. The van der Waals surface area contributed by atoms with E-state index in [1.807, 2.05) is 23.1 Å². The van der Waals surface area contributed by atoms with Gasteiger partial charge in [0.1, 0.15) is 6.04 Å². The van der Waals surface area contributed by atoms with Gasteiger partial charge >= 0.3 is 6.03 Å². The van der Waals surface area contributed by atoms with Crippen molar-refractivity contribution in [2.45, 2.75) is 50.7 Å². The molecule has 1 aliphatic carbocycles. The van der Waals surface area contributed by atoms with E-state index in [1.54, 1.807) is 0 Å². The smallest absolute Gasteiger partial charge is 0.318 e. The van der Waals surface area contributed by atoms with Gasteiger partial charge in [0.2, 0.25) is 12.7 Å². The molecule has 1 saturated heterocycles. The van der Waals surface area contributed by atoms with E-state index in [4.69, 9.17) is 9.47 Å². The molecule has 2 heterocycles. The number of nitrogens with zero attached hydrogens (tertiary/aromatic N) is 1. The zero-order chi connectivity index (χ0) is 17.2. The van der Waals surface area contributed by atoms with E-state index >= 15 is 0 Å². The molecule has 1 aromatic carbocycles. The molecule has 3 amide bonds.